The second-order valence-electron chi connectivity index (χ2n) is 2.83. The Hall–Kier alpha value is -0.330. The van der Waals surface area contributed by atoms with Gasteiger partial charge in [0.05, 0.1) is 0 Å². The minimum atomic E-state index is -4.46. The highest BCUT2D eigenvalue weighted by Gasteiger charge is 2.67. The Morgan fingerprint density at radius 2 is 1.69 bits per heavy atom. The molecule has 1 saturated heterocycles. The van der Waals surface area contributed by atoms with Crippen LogP contribution in [0.5, 0.6) is 0 Å². The molecule has 0 spiro atoms. The van der Waals surface area contributed by atoms with Crippen LogP contribution in [0.2, 0.25) is 0 Å². The zero-order chi connectivity index (χ0) is 10.3. The monoisotopic (exact) mass is 200 g/mol. The van der Waals surface area contributed by atoms with E-state index in [4.69, 9.17) is 9.47 Å². The van der Waals surface area contributed by atoms with E-state index in [9.17, 15) is 13.2 Å². The first-order valence-corrected chi connectivity index (χ1v) is 3.71. The molecule has 3 nitrogen and oxygen atoms in total. The summed E-state index contributed by atoms with van der Waals surface area (Å²) in [5, 5.41) is 0. The van der Waals surface area contributed by atoms with Gasteiger partial charge in [-0.3, -0.25) is 0 Å². The third-order valence-electron chi connectivity index (χ3n) is 2.21. The lowest BCUT2D eigenvalue weighted by Gasteiger charge is -2.51. The molecule has 1 fully saturated rings. The maximum absolute atomic E-state index is 12.3. The lowest BCUT2D eigenvalue weighted by Crippen LogP contribution is -2.71. The quantitative estimate of drug-likeness (QED) is 0.629. The first kappa shape index (κ1) is 10.7. The van der Waals surface area contributed by atoms with Crippen molar-refractivity contribution < 1.29 is 27.4 Å². The van der Waals surface area contributed by atoms with E-state index in [-0.39, 0.29) is 0 Å². The third-order valence-corrected chi connectivity index (χ3v) is 2.21. The van der Waals surface area contributed by atoms with Crippen LogP contribution in [0, 0.1) is 0 Å². The molecule has 1 aliphatic heterocycles. The number of alkyl halides is 3. The van der Waals surface area contributed by atoms with Gasteiger partial charge in [0.1, 0.15) is 6.10 Å². The summed E-state index contributed by atoms with van der Waals surface area (Å²) in [5.41, 5.74) is 0. The first-order valence-electron chi connectivity index (χ1n) is 3.71. The van der Waals surface area contributed by atoms with Crippen molar-refractivity contribution >= 4 is 0 Å². The zero-order valence-electron chi connectivity index (χ0n) is 7.51. The highest BCUT2D eigenvalue weighted by Crippen LogP contribution is 2.45. The molecule has 1 rings (SSSR count). The smallest absolute Gasteiger partial charge is 0.355 e. The molecule has 0 amide bonds. The summed E-state index contributed by atoms with van der Waals surface area (Å²) in [6.07, 6.45) is -7.17. The van der Waals surface area contributed by atoms with Gasteiger partial charge in [0.15, 0.2) is 0 Å². The number of halogens is 3. The Labute approximate surface area is 73.8 Å². The number of rotatable bonds is 2. The van der Waals surface area contributed by atoms with Crippen molar-refractivity contribution in [1.82, 2.24) is 0 Å². The van der Waals surface area contributed by atoms with Gasteiger partial charge >= 0.3 is 6.18 Å². The number of ether oxygens (including phenoxy) is 3. The molecule has 0 aliphatic carbocycles. The second kappa shape index (κ2) is 3.11. The van der Waals surface area contributed by atoms with Crippen LogP contribution in [0.1, 0.15) is 6.92 Å². The normalized spacial score (nSPS) is 32.8. The summed E-state index contributed by atoms with van der Waals surface area (Å²) in [5.74, 6) is -1.68. The van der Waals surface area contributed by atoms with Crippen LogP contribution in [0.4, 0.5) is 13.2 Å². The molecule has 0 N–H and O–H groups in total. The molecule has 78 valence electrons. The highest BCUT2D eigenvalue weighted by molar-refractivity contribution is 4.99. The predicted octanol–water partition coefficient (Wildman–Crippen LogP) is 1.33. The maximum atomic E-state index is 12.3. The zero-order valence-corrected chi connectivity index (χ0v) is 7.51. The molecule has 13 heavy (non-hydrogen) atoms. The fraction of sp³-hybridized carbons (Fsp3) is 1.00. The molecule has 0 bridgehead atoms. The number of hydrogen-bond acceptors (Lipinski definition) is 3. The number of hydrogen-bond donors (Lipinski definition) is 0. The van der Waals surface area contributed by atoms with Crippen LogP contribution >= 0.6 is 0 Å². The fourth-order valence-electron chi connectivity index (χ4n) is 1.47. The SMILES string of the molecule is COC1(OC)C(C)OC1C(F)(F)F. The molecule has 6 heteroatoms. The first-order chi connectivity index (χ1) is 5.88. The van der Waals surface area contributed by atoms with E-state index in [0.29, 0.717) is 0 Å². The van der Waals surface area contributed by atoms with Crippen LogP contribution in [-0.4, -0.2) is 38.4 Å². The van der Waals surface area contributed by atoms with Crippen molar-refractivity contribution in [3.63, 3.8) is 0 Å². The van der Waals surface area contributed by atoms with Gasteiger partial charge in [0.25, 0.3) is 0 Å². The number of methoxy groups -OCH3 is 2. The molecule has 1 heterocycles. The summed E-state index contributed by atoms with van der Waals surface area (Å²) in [6.45, 7) is 1.47. The van der Waals surface area contributed by atoms with Crippen LogP contribution in [0.25, 0.3) is 0 Å². The minimum absolute atomic E-state index is 0.714. The average molecular weight is 200 g/mol. The Morgan fingerprint density at radius 1 is 1.23 bits per heavy atom. The van der Waals surface area contributed by atoms with Gasteiger partial charge in [-0.15, -0.1) is 0 Å². The van der Waals surface area contributed by atoms with E-state index in [1.807, 2.05) is 0 Å². The van der Waals surface area contributed by atoms with E-state index >= 15 is 0 Å². The van der Waals surface area contributed by atoms with Crippen molar-refractivity contribution in [3.05, 3.63) is 0 Å². The molecule has 2 atom stereocenters. The predicted molar refractivity (Wildman–Crippen MR) is 37.1 cm³/mol. The van der Waals surface area contributed by atoms with Gasteiger partial charge in [-0.1, -0.05) is 0 Å². The summed E-state index contributed by atoms with van der Waals surface area (Å²) in [7, 11) is 2.34. The van der Waals surface area contributed by atoms with Crippen LogP contribution in [-0.2, 0) is 14.2 Å². The summed E-state index contributed by atoms with van der Waals surface area (Å²) in [4.78, 5) is 0. The highest BCUT2D eigenvalue weighted by atomic mass is 19.4. The van der Waals surface area contributed by atoms with E-state index in [1.165, 1.54) is 21.1 Å². The standard InChI is InChI=1S/C7H11F3O3/c1-4-6(11-2,12-3)5(13-4)7(8,9)10/h4-5H,1-3H3. The Morgan fingerprint density at radius 3 is 1.85 bits per heavy atom. The molecule has 1 aliphatic rings. The molecule has 0 saturated carbocycles. The van der Waals surface area contributed by atoms with E-state index < -0.39 is 24.2 Å². The molecule has 0 radical (unpaired) electrons. The van der Waals surface area contributed by atoms with Gasteiger partial charge in [0.2, 0.25) is 11.9 Å². The summed E-state index contributed by atoms with van der Waals surface area (Å²) < 4.78 is 50.7. The molecule has 0 aromatic heterocycles. The molecule has 2 unspecified atom stereocenters. The van der Waals surface area contributed by atoms with Gasteiger partial charge in [-0.25, -0.2) is 0 Å². The molecule has 0 aromatic rings. The fourth-order valence-corrected chi connectivity index (χ4v) is 1.47. The van der Waals surface area contributed by atoms with Crippen molar-refractivity contribution in [3.8, 4) is 0 Å². The van der Waals surface area contributed by atoms with Crippen LogP contribution in [0.15, 0.2) is 0 Å². The molecular formula is C7H11F3O3. The summed E-state index contributed by atoms with van der Waals surface area (Å²) >= 11 is 0. The lowest BCUT2D eigenvalue weighted by molar-refractivity contribution is -0.449. The van der Waals surface area contributed by atoms with Crippen LogP contribution < -0.4 is 0 Å². The summed E-state index contributed by atoms with van der Waals surface area (Å²) in [6, 6.07) is 0. The second-order valence-corrected chi connectivity index (χ2v) is 2.83. The largest absolute Gasteiger partial charge is 0.420 e. The topological polar surface area (TPSA) is 27.7 Å². The van der Waals surface area contributed by atoms with Crippen molar-refractivity contribution in [2.24, 2.45) is 0 Å². The van der Waals surface area contributed by atoms with E-state index in [2.05, 4.69) is 4.74 Å². The molecule has 0 aromatic carbocycles. The van der Waals surface area contributed by atoms with Crippen molar-refractivity contribution in [2.75, 3.05) is 14.2 Å². The van der Waals surface area contributed by atoms with Gasteiger partial charge < -0.3 is 14.2 Å². The maximum Gasteiger partial charge on any atom is 0.420 e. The van der Waals surface area contributed by atoms with Gasteiger partial charge in [0, 0.05) is 14.2 Å². The van der Waals surface area contributed by atoms with E-state index in [1.54, 1.807) is 0 Å². The van der Waals surface area contributed by atoms with Crippen LogP contribution in [0.3, 0.4) is 0 Å². The van der Waals surface area contributed by atoms with Gasteiger partial charge in [-0.05, 0) is 6.92 Å². The Kier molecular flexibility index (Phi) is 2.57. The van der Waals surface area contributed by atoms with E-state index in [0.717, 1.165) is 0 Å². The third kappa shape index (κ3) is 1.43. The van der Waals surface area contributed by atoms with Crippen molar-refractivity contribution in [1.29, 1.82) is 0 Å². The van der Waals surface area contributed by atoms with Crippen molar-refractivity contribution in [2.45, 2.75) is 31.1 Å². The van der Waals surface area contributed by atoms with Gasteiger partial charge in [-0.2, -0.15) is 13.2 Å². The lowest BCUT2D eigenvalue weighted by atomic mass is 9.96. The molecular weight excluding hydrogens is 189 g/mol. The Bertz CT molecular complexity index is 188. The minimum Gasteiger partial charge on any atom is -0.355 e. The Balaban J connectivity index is 2.81. The average Bonchev–Trinajstić information content (AvgIpc) is 2.01.